The van der Waals surface area contributed by atoms with Gasteiger partial charge in [0.1, 0.15) is 28.5 Å². The molecule has 0 N–H and O–H groups in total. The Morgan fingerprint density at radius 1 is 1.29 bits per heavy atom. The Balaban J connectivity index is 1.73. The molecule has 31 heavy (non-hydrogen) atoms. The lowest BCUT2D eigenvalue weighted by Gasteiger charge is -2.20. The predicted octanol–water partition coefficient (Wildman–Crippen LogP) is 3.07. The molecule has 1 aromatic carbocycles. The van der Waals surface area contributed by atoms with Crippen LogP contribution in [0.1, 0.15) is 0 Å². The molecule has 0 spiro atoms. The number of thiazole rings is 1. The second kappa shape index (κ2) is 7.94. The Kier molecular flexibility index (Phi) is 5.31. The normalized spacial score (nSPS) is 12.7. The Hall–Kier alpha value is -3.55. The van der Waals surface area contributed by atoms with Crippen LogP contribution in [0.25, 0.3) is 10.3 Å². The van der Waals surface area contributed by atoms with Gasteiger partial charge in [-0.1, -0.05) is 29.5 Å². The van der Waals surface area contributed by atoms with Crippen molar-refractivity contribution in [2.45, 2.75) is 13.1 Å². The van der Waals surface area contributed by atoms with Gasteiger partial charge in [-0.05, 0) is 24.4 Å². The van der Waals surface area contributed by atoms with Crippen molar-refractivity contribution in [3.8, 4) is 6.07 Å². The number of allylic oxidation sites excluding steroid dienone is 2. The average molecular weight is 451 g/mol. The summed E-state index contributed by atoms with van der Waals surface area (Å²) in [6.07, 6.45) is 3.00. The van der Waals surface area contributed by atoms with E-state index in [1.54, 1.807) is 34.5 Å². The van der Waals surface area contributed by atoms with Crippen LogP contribution in [0.4, 0.5) is 11.4 Å². The summed E-state index contributed by atoms with van der Waals surface area (Å²) >= 11 is 6.47. The molecule has 1 aliphatic rings. The second-order valence-electron chi connectivity index (χ2n) is 6.94. The topological polar surface area (TPSA) is 87.2 Å². The number of hydrogen-bond donors (Lipinski definition) is 0. The molecule has 0 aliphatic carbocycles. The van der Waals surface area contributed by atoms with Crippen molar-refractivity contribution in [2.24, 2.45) is 0 Å². The predicted molar refractivity (Wildman–Crippen MR) is 124 cm³/mol. The molecule has 8 nitrogen and oxygen atoms in total. The van der Waals surface area contributed by atoms with Crippen LogP contribution in [0, 0.1) is 15.3 Å². The first-order valence-electron chi connectivity index (χ1n) is 9.32. The monoisotopic (exact) mass is 450 g/mol. The maximum Gasteiger partial charge on any atom is 0.273 e. The van der Waals surface area contributed by atoms with E-state index in [-0.39, 0.29) is 17.7 Å². The van der Waals surface area contributed by atoms with Crippen LogP contribution in [0.5, 0.6) is 0 Å². The van der Waals surface area contributed by atoms with Crippen LogP contribution >= 0.6 is 23.6 Å². The van der Waals surface area contributed by atoms with Crippen molar-refractivity contribution in [3.05, 3.63) is 68.9 Å². The number of ketones is 1. The van der Waals surface area contributed by atoms with E-state index in [2.05, 4.69) is 11.6 Å². The van der Waals surface area contributed by atoms with E-state index >= 15 is 0 Å². The number of hydrogen-bond acceptors (Lipinski definition) is 8. The van der Waals surface area contributed by atoms with E-state index in [4.69, 9.17) is 12.2 Å². The molecule has 0 saturated carbocycles. The molecule has 156 valence electrons. The zero-order chi connectivity index (χ0) is 22.3. The minimum Gasteiger partial charge on any atom is -0.328 e. The third kappa shape index (κ3) is 3.28. The molecular formula is C21H18N6O2S2. The first-order valence-corrected chi connectivity index (χ1v) is 10.5. The Morgan fingerprint density at radius 3 is 2.52 bits per heavy atom. The first kappa shape index (κ1) is 20.7. The number of aromatic nitrogens is 3. The maximum atomic E-state index is 13.1. The SMILES string of the molecule is C=CCn1c(=S)sc2c(=O)n(CC(=O)C(C#N)=C3N(C)c4ccccc4N3C)cnc21. The summed E-state index contributed by atoms with van der Waals surface area (Å²) in [5.41, 5.74) is 1.86. The zero-order valence-corrected chi connectivity index (χ0v) is 18.5. The Labute approximate surface area is 187 Å². The Bertz CT molecular complexity index is 1390. The third-order valence-corrected chi connectivity index (χ3v) is 6.55. The summed E-state index contributed by atoms with van der Waals surface area (Å²) in [4.78, 5) is 34.0. The van der Waals surface area contributed by atoms with Crippen LogP contribution in [-0.2, 0) is 17.9 Å². The fourth-order valence-corrected chi connectivity index (χ4v) is 4.98. The summed E-state index contributed by atoms with van der Waals surface area (Å²) in [5, 5.41) is 9.78. The molecule has 0 saturated heterocycles. The number of nitrogens with zero attached hydrogens (tertiary/aromatic N) is 6. The lowest BCUT2D eigenvalue weighted by atomic mass is 10.1. The number of carbonyl (C=O) groups excluding carboxylic acids is 1. The van der Waals surface area contributed by atoms with Gasteiger partial charge in [0, 0.05) is 20.6 Å². The summed E-state index contributed by atoms with van der Waals surface area (Å²) in [6.45, 7) is 3.84. The van der Waals surface area contributed by atoms with E-state index < -0.39 is 5.78 Å². The molecule has 3 heterocycles. The summed E-state index contributed by atoms with van der Waals surface area (Å²) < 4.78 is 3.82. The minimum atomic E-state index is -0.471. The highest BCUT2D eigenvalue weighted by atomic mass is 32.1. The van der Waals surface area contributed by atoms with Crippen LogP contribution in [0.2, 0.25) is 0 Å². The van der Waals surface area contributed by atoms with Gasteiger partial charge in [0.25, 0.3) is 5.56 Å². The summed E-state index contributed by atoms with van der Waals surface area (Å²) in [7, 11) is 3.61. The van der Waals surface area contributed by atoms with Gasteiger partial charge in [-0.25, -0.2) is 4.98 Å². The van der Waals surface area contributed by atoms with E-state index in [9.17, 15) is 14.9 Å². The number of rotatable bonds is 5. The van der Waals surface area contributed by atoms with Crippen molar-refractivity contribution in [1.29, 1.82) is 5.26 Å². The van der Waals surface area contributed by atoms with Gasteiger partial charge in [0.05, 0.1) is 17.9 Å². The molecule has 0 amide bonds. The highest BCUT2D eigenvalue weighted by molar-refractivity contribution is 7.73. The number of benzene rings is 1. The quantitative estimate of drug-likeness (QED) is 0.255. The molecule has 3 aromatic rings. The van der Waals surface area contributed by atoms with Crippen LogP contribution in [-0.4, -0.2) is 34.0 Å². The molecule has 0 atom stereocenters. The molecule has 1 aliphatic heterocycles. The molecule has 0 bridgehead atoms. The van der Waals surface area contributed by atoms with Crippen molar-refractivity contribution in [3.63, 3.8) is 0 Å². The summed E-state index contributed by atoms with van der Waals surface area (Å²) in [6, 6.07) is 9.66. The fraction of sp³-hybridized carbons (Fsp3) is 0.190. The number of fused-ring (bicyclic) bond motifs is 2. The third-order valence-electron chi connectivity index (χ3n) is 5.12. The van der Waals surface area contributed by atoms with Gasteiger partial charge in [0.2, 0.25) is 0 Å². The van der Waals surface area contributed by atoms with Crippen molar-refractivity contribution in [1.82, 2.24) is 14.1 Å². The zero-order valence-electron chi connectivity index (χ0n) is 16.9. The van der Waals surface area contributed by atoms with Gasteiger partial charge >= 0.3 is 0 Å². The molecule has 0 radical (unpaired) electrons. The molecule has 10 heteroatoms. The molecular weight excluding hydrogens is 432 g/mol. The van der Waals surface area contributed by atoms with Crippen molar-refractivity contribution < 1.29 is 4.79 Å². The number of anilines is 2. The van der Waals surface area contributed by atoms with Crippen molar-refractivity contribution in [2.75, 3.05) is 23.9 Å². The number of para-hydroxylation sites is 2. The Morgan fingerprint density at radius 2 is 1.94 bits per heavy atom. The first-order chi connectivity index (χ1) is 14.9. The lowest BCUT2D eigenvalue weighted by Crippen LogP contribution is -2.29. The van der Waals surface area contributed by atoms with E-state index in [1.807, 2.05) is 30.3 Å². The lowest BCUT2D eigenvalue weighted by molar-refractivity contribution is -0.115. The van der Waals surface area contributed by atoms with E-state index in [0.717, 1.165) is 22.7 Å². The van der Waals surface area contributed by atoms with E-state index in [0.29, 0.717) is 26.7 Å². The van der Waals surface area contributed by atoms with Crippen LogP contribution in [0.3, 0.4) is 0 Å². The number of carbonyl (C=O) groups is 1. The van der Waals surface area contributed by atoms with Gasteiger partial charge in [-0.3, -0.25) is 14.2 Å². The van der Waals surface area contributed by atoms with Crippen LogP contribution in [0.15, 0.2) is 59.4 Å². The van der Waals surface area contributed by atoms with Crippen LogP contribution < -0.4 is 15.4 Å². The maximum absolute atomic E-state index is 13.1. The van der Waals surface area contributed by atoms with Gasteiger partial charge < -0.3 is 14.4 Å². The molecule has 0 fully saturated rings. The molecule has 2 aromatic heterocycles. The van der Waals surface area contributed by atoms with Gasteiger partial charge in [-0.15, -0.1) is 6.58 Å². The minimum absolute atomic E-state index is 0.0231. The highest BCUT2D eigenvalue weighted by Gasteiger charge is 2.31. The summed E-state index contributed by atoms with van der Waals surface area (Å²) in [5.74, 6) is 0.00459. The van der Waals surface area contributed by atoms with Gasteiger partial charge in [0.15, 0.2) is 15.4 Å². The fourth-order valence-electron chi connectivity index (χ4n) is 3.67. The standard InChI is InChI=1S/C21H18N6O2S2/c1-4-9-27-18-17(31-21(27)30)20(29)26(12-23-18)11-16(28)13(10-22)19-24(2)14-7-5-6-8-15(14)25(19)3/h4-8,12H,1,9,11H2,2-3H3. The van der Waals surface area contributed by atoms with Gasteiger partial charge in [-0.2, -0.15) is 5.26 Å². The average Bonchev–Trinajstić information content (AvgIpc) is 3.21. The highest BCUT2D eigenvalue weighted by Crippen LogP contribution is 2.40. The number of nitriles is 1. The molecule has 4 rings (SSSR count). The van der Waals surface area contributed by atoms with E-state index in [1.165, 1.54) is 10.9 Å². The number of Topliss-reactive ketones (excluding diaryl/α,β-unsaturated/α-hetero) is 1. The largest absolute Gasteiger partial charge is 0.328 e. The smallest absolute Gasteiger partial charge is 0.273 e. The molecule has 0 unspecified atom stereocenters. The second-order valence-corrected chi connectivity index (χ2v) is 8.58. The van der Waals surface area contributed by atoms with Crippen molar-refractivity contribution >= 4 is 51.1 Å².